The minimum absolute atomic E-state index is 0.304. The maximum absolute atomic E-state index is 9.49. The molecule has 3 aromatic rings. The number of furan rings is 1. The van der Waals surface area contributed by atoms with Crippen molar-refractivity contribution in [3.05, 3.63) is 52.9 Å². The first kappa shape index (κ1) is 19.1. The Morgan fingerprint density at radius 3 is 2.90 bits per heavy atom. The molecule has 1 aliphatic rings. The third kappa shape index (κ3) is 4.14. The van der Waals surface area contributed by atoms with E-state index in [0.29, 0.717) is 41.5 Å². The minimum atomic E-state index is 0.304. The molecule has 0 aliphatic carbocycles. The van der Waals surface area contributed by atoms with Gasteiger partial charge in [-0.2, -0.15) is 10.2 Å². The number of benzene rings is 1. The number of ether oxygens (including phenoxy) is 1. The quantitative estimate of drug-likeness (QED) is 0.592. The number of anilines is 1. The monoisotopic (exact) mass is 391 g/mol. The molecule has 0 amide bonds. The highest BCUT2D eigenvalue weighted by molar-refractivity contribution is 5.56. The highest BCUT2D eigenvalue weighted by Gasteiger charge is 2.25. The van der Waals surface area contributed by atoms with Gasteiger partial charge >= 0.3 is 0 Å². The van der Waals surface area contributed by atoms with Crippen LogP contribution in [0.2, 0.25) is 0 Å². The molecule has 0 saturated carbocycles. The van der Waals surface area contributed by atoms with Crippen LogP contribution in [-0.4, -0.2) is 18.1 Å². The molecule has 1 saturated heterocycles. The SMILES string of the molecule is Cc1ccc(C)c(OCc2ccc(-c3nc(C#N)c(N4CCC[C@H](C)C4)o3)o2)c1. The maximum Gasteiger partial charge on any atom is 0.266 e. The highest BCUT2D eigenvalue weighted by Crippen LogP contribution is 2.32. The first-order valence-corrected chi connectivity index (χ1v) is 9.98. The van der Waals surface area contributed by atoms with Crippen molar-refractivity contribution in [2.75, 3.05) is 18.0 Å². The number of oxazole rings is 1. The lowest BCUT2D eigenvalue weighted by Crippen LogP contribution is -2.34. The summed E-state index contributed by atoms with van der Waals surface area (Å²) in [5.41, 5.74) is 2.53. The lowest BCUT2D eigenvalue weighted by Gasteiger charge is -2.30. The second-order valence-corrected chi connectivity index (χ2v) is 7.80. The van der Waals surface area contributed by atoms with E-state index >= 15 is 0 Å². The van der Waals surface area contributed by atoms with Crippen molar-refractivity contribution in [2.24, 2.45) is 5.92 Å². The van der Waals surface area contributed by atoms with Crippen molar-refractivity contribution in [1.82, 2.24) is 4.98 Å². The normalized spacial score (nSPS) is 16.6. The van der Waals surface area contributed by atoms with Gasteiger partial charge in [-0.25, -0.2) is 0 Å². The van der Waals surface area contributed by atoms with E-state index in [4.69, 9.17) is 13.6 Å². The van der Waals surface area contributed by atoms with Crippen LogP contribution in [0.5, 0.6) is 5.75 Å². The summed E-state index contributed by atoms with van der Waals surface area (Å²) in [5.74, 6) is 3.45. The first-order chi connectivity index (χ1) is 14.0. The summed E-state index contributed by atoms with van der Waals surface area (Å²) < 4.78 is 17.7. The largest absolute Gasteiger partial charge is 0.485 e. The molecular weight excluding hydrogens is 366 g/mol. The smallest absolute Gasteiger partial charge is 0.266 e. The fraction of sp³-hybridized carbons (Fsp3) is 0.391. The molecule has 1 atom stereocenters. The van der Waals surface area contributed by atoms with E-state index in [1.807, 2.05) is 32.0 Å². The summed E-state index contributed by atoms with van der Waals surface area (Å²) >= 11 is 0. The lowest BCUT2D eigenvalue weighted by atomic mass is 10.0. The number of nitriles is 1. The van der Waals surface area contributed by atoms with Gasteiger partial charge < -0.3 is 18.5 Å². The van der Waals surface area contributed by atoms with Crippen LogP contribution in [0.3, 0.4) is 0 Å². The predicted octanol–water partition coefficient (Wildman–Crippen LogP) is 5.24. The van der Waals surface area contributed by atoms with Crippen LogP contribution >= 0.6 is 0 Å². The predicted molar refractivity (Wildman–Crippen MR) is 110 cm³/mol. The average molecular weight is 391 g/mol. The zero-order valence-corrected chi connectivity index (χ0v) is 17.1. The van der Waals surface area contributed by atoms with Gasteiger partial charge in [0.25, 0.3) is 5.89 Å². The Balaban J connectivity index is 1.50. The number of hydrogen-bond donors (Lipinski definition) is 0. The van der Waals surface area contributed by atoms with Gasteiger partial charge in [0.05, 0.1) is 0 Å². The summed E-state index contributed by atoms with van der Waals surface area (Å²) in [6.45, 7) is 8.32. The molecule has 29 heavy (non-hydrogen) atoms. The van der Waals surface area contributed by atoms with Gasteiger partial charge in [0.1, 0.15) is 24.2 Å². The van der Waals surface area contributed by atoms with Crippen LogP contribution in [0.15, 0.2) is 39.2 Å². The van der Waals surface area contributed by atoms with Crippen molar-refractivity contribution >= 4 is 5.88 Å². The van der Waals surface area contributed by atoms with Crippen LogP contribution < -0.4 is 9.64 Å². The van der Waals surface area contributed by atoms with Gasteiger partial charge in [0.2, 0.25) is 11.6 Å². The lowest BCUT2D eigenvalue weighted by molar-refractivity contribution is 0.269. The Kier molecular flexibility index (Phi) is 5.30. The highest BCUT2D eigenvalue weighted by atomic mass is 16.5. The van der Waals surface area contributed by atoms with Gasteiger partial charge in [-0.1, -0.05) is 19.1 Å². The number of aryl methyl sites for hydroxylation is 2. The Labute approximate surface area is 170 Å². The molecule has 0 bridgehead atoms. The van der Waals surface area contributed by atoms with Gasteiger partial charge in [-0.3, -0.25) is 0 Å². The Morgan fingerprint density at radius 1 is 1.24 bits per heavy atom. The topological polar surface area (TPSA) is 75.4 Å². The summed E-state index contributed by atoms with van der Waals surface area (Å²) in [7, 11) is 0. The molecule has 4 rings (SSSR count). The number of rotatable bonds is 5. The molecule has 1 fully saturated rings. The van der Waals surface area contributed by atoms with Crippen molar-refractivity contribution in [3.63, 3.8) is 0 Å². The molecule has 0 radical (unpaired) electrons. The fourth-order valence-electron chi connectivity index (χ4n) is 3.66. The van der Waals surface area contributed by atoms with E-state index in [2.05, 4.69) is 28.9 Å². The molecule has 0 N–H and O–H groups in total. The second kappa shape index (κ2) is 8.04. The first-order valence-electron chi connectivity index (χ1n) is 9.98. The number of nitrogens with zero attached hydrogens (tertiary/aromatic N) is 3. The van der Waals surface area contributed by atoms with Crippen molar-refractivity contribution in [3.8, 4) is 23.5 Å². The fourth-order valence-corrected chi connectivity index (χ4v) is 3.66. The van der Waals surface area contributed by atoms with Crippen LogP contribution in [-0.2, 0) is 6.61 Å². The molecule has 6 nitrogen and oxygen atoms in total. The van der Waals surface area contributed by atoms with Crippen molar-refractivity contribution < 1.29 is 13.6 Å². The third-order valence-corrected chi connectivity index (χ3v) is 5.25. The molecule has 0 unspecified atom stereocenters. The number of aromatic nitrogens is 1. The zero-order valence-electron chi connectivity index (χ0n) is 17.1. The van der Waals surface area contributed by atoms with Gasteiger partial charge in [0.15, 0.2) is 5.76 Å². The van der Waals surface area contributed by atoms with E-state index in [-0.39, 0.29) is 0 Å². The molecule has 1 aromatic carbocycles. The van der Waals surface area contributed by atoms with Crippen molar-refractivity contribution in [2.45, 2.75) is 40.2 Å². The molecule has 3 heterocycles. The zero-order chi connectivity index (χ0) is 20.4. The molecule has 2 aromatic heterocycles. The molecule has 1 aliphatic heterocycles. The van der Waals surface area contributed by atoms with Gasteiger partial charge in [-0.15, -0.1) is 0 Å². The van der Waals surface area contributed by atoms with Crippen molar-refractivity contribution in [1.29, 1.82) is 5.26 Å². The Hall–Kier alpha value is -3.20. The number of piperidine rings is 1. The summed E-state index contributed by atoms with van der Waals surface area (Å²) in [4.78, 5) is 6.46. The van der Waals surface area contributed by atoms with E-state index in [1.54, 1.807) is 6.07 Å². The van der Waals surface area contributed by atoms with Crippen LogP contribution in [0, 0.1) is 31.1 Å². The maximum atomic E-state index is 9.49. The molecule has 6 heteroatoms. The van der Waals surface area contributed by atoms with E-state index < -0.39 is 0 Å². The van der Waals surface area contributed by atoms with Crippen LogP contribution in [0.4, 0.5) is 5.88 Å². The van der Waals surface area contributed by atoms with Gasteiger partial charge in [-0.05, 0) is 61.9 Å². The van der Waals surface area contributed by atoms with E-state index in [9.17, 15) is 5.26 Å². The Bertz CT molecular complexity index is 1040. The van der Waals surface area contributed by atoms with Crippen LogP contribution in [0.1, 0.15) is 42.3 Å². The summed E-state index contributed by atoms with van der Waals surface area (Å²) in [6, 6.07) is 11.9. The summed E-state index contributed by atoms with van der Waals surface area (Å²) in [6.07, 6.45) is 2.28. The van der Waals surface area contributed by atoms with E-state index in [1.165, 1.54) is 6.42 Å². The minimum Gasteiger partial charge on any atom is -0.485 e. The van der Waals surface area contributed by atoms with E-state index in [0.717, 1.165) is 36.4 Å². The number of hydrogen-bond acceptors (Lipinski definition) is 6. The standard InChI is InChI=1S/C23H25N3O3/c1-15-6-7-17(3)21(11-15)27-14-18-8-9-20(28-18)22-25-19(12-24)23(29-22)26-10-4-5-16(2)13-26/h6-9,11,16H,4-5,10,13-14H2,1-3H3/t16-/m0/s1. The summed E-state index contributed by atoms with van der Waals surface area (Å²) in [5, 5.41) is 9.49. The molecular formula is C23H25N3O3. The van der Waals surface area contributed by atoms with Gasteiger partial charge in [0, 0.05) is 13.1 Å². The Morgan fingerprint density at radius 2 is 2.10 bits per heavy atom. The second-order valence-electron chi connectivity index (χ2n) is 7.80. The molecule has 0 spiro atoms. The molecule has 150 valence electrons. The third-order valence-electron chi connectivity index (χ3n) is 5.25. The average Bonchev–Trinajstić information content (AvgIpc) is 3.35. The van der Waals surface area contributed by atoms with Crippen LogP contribution in [0.25, 0.3) is 11.7 Å².